The van der Waals surface area contributed by atoms with Crippen molar-refractivity contribution in [2.45, 2.75) is 13.0 Å². The van der Waals surface area contributed by atoms with E-state index < -0.39 is 0 Å². The van der Waals surface area contributed by atoms with Gasteiger partial charge < -0.3 is 10.1 Å². The fourth-order valence-electron chi connectivity index (χ4n) is 2.67. The van der Waals surface area contributed by atoms with Crippen LogP contribution < -0.4 is 10.1 Å². The van der Waals surface area contributed by atoms with Crippen molar-refractivity contribution in [1.82, 2.24) is 5.32 Å². The molecule has 4 nitrogen and oxygen atoms in total. The first-order valence-corrected chi connectivity index (χ1v) is 9.82. The van der Waals surface area contributed by atoms with Gasteiger partial charge in [0.15, 0.2) is 6.61 Å². The smallest absolute Gasteiger partial charge is 0.258 e. The van der Waals surface area contributed by atoms with Crippen LogP contribution in [0, 0.1) is 0 Å². The minimum Gasteiger partial charge on any atom is -0.484 e. The van der Waals surface area contributed by atoms with Crippen molar-refractivity contribution in [2.75, 3.05) is 6.61 Å². The Balaban J connectivity index is 1.51. The van der Waals surface area contributed by atoms with E-state index >= 15 is 0 Å². The number of aliphatic imine (C=N–C) groups is 1. The number of hydrogen-bond acceptors (Lipinski definition) is 3. The molecule has 29 heavy (non-hydrogen) atoms. The van der Waals surface area contributed by atoms with Crippen LogP contribution in [-0.4, -0.2) is 18.7 Å². The first kappa shape index (κ1) is 20.9. The first-order chi connectivity index (χ1) is 14.0. The van der Waals surface area contributed by atoms with Gasteiger partial charge in [0, 0.05) is 16.3 Å². The lowest BCUT2D eigenvalue weighted by Gasteiger charge is -2.14. The van der Waals surface area contributed by atoms with Crippen molar-refractivity contribution in [3.8, 4) is 5.75 Å². The summed E-state index contributed by atoms with van der Waals surface area (Å²) in [6.07, 6.45) is 1.71. The average molecular weight is 427 g/mol. The highest BCUT2D eigenvalue weighted by atomic mass is 35.5. The Morgan fingerprint density at radius 3 is 2.34 bits per heavy atom. The lowest BCUT2D eigenvalue weighted by atomic mass is 10.1. The highest BCUT2D eigenvalue weighted by molar-refractivity contribution is 6.35. The van der Waals surface area contributed by atoms with Crippen LogP contribution in [0.25, 0.3) is 0 Å². The molecule has 0 aromatic heterocycles. The van der Waals surface area contributed by atoms with Gasteiger partial charge in [-0.2, -0.15) is 0 Å². The zero-order valence-electron chi connectivity index (χ0n) is 15.8. The number of hydrogen-bond donors (Lipinski definition) is 1. The fourth-order valence-corrected chi connectivity index (χ4v) is 3.18. The summed E-state index contributed by atoms with van der Waals surface area (Å²) in [5, 5.41) is 3.99. The first-order valence-electron chi connectivity index (χ1n) is 9.07. The molecule has 3 aromatic carbocycles. The number of benzene rings is 3. The van der Waals surface area contributed by atoms with E-state index in [1.807, 2.05) is 49.4 Å². The predicted octanol–water partition coefficient (Wildman–Crippen LogP) is 6.00. The van der Waals surface area contributed by atoms with E-state index in [9.17, 15) is 4.79 Å². The molecule has 0 bridgehead atoms. The number of amides is 1. The van der Waals surface area contributed by atoms with Crippen molar-refractivity contribution in [3.63, 3.8) is 0 Å². The van der Waals surface area contributed by atoms with Gasteiger partial charge >= 0.3 is 0 Å². The minimum absolute atomic E-state index is 0.0500. The topological polar surface area (TPSA) is 50.7 Å². The zero-order chi connectivity index (χ0) is 20.6. The lowest BCUT2D eigenvalue weighted by Crippen LogP contribution is -2.31. The van der Waals surface area contributed by atoms with Gasteiger partial charge in [-0.25, -0.2) is 0 Å². The van der Waals surface area contributed by atoms with E-state index in [1.54, 1.807) is 36.5 Å². The number of halogens is 2. The molecule has 1 atom stereocenters. The summed E-state index contributed by atoms with van der Waals surface area (Å²) in [5.41, 5.74) is 2.60. The lowest BCUT2D eigenvalue weighted by molar-refractivity contribution is -0.123. The summed E-state index contributed by atoms with van der Waals surface area (Å²) < 4.78 is 5.56. The second kappa shape index (κ2) is 10.1. The molecular formula is C23H20Cl2N2O2. The Kier molecular flexibility index (Phi) is 7.28. The summed E-state index contributed by atoms with van der Waals surface area (Å²) in [5.74, 6) is 0.431. The van der Waals surface area contributed by atoms with Crippen LogP contribution in [0.4, 0.5) is 5.69 Å². The van der Waals surface area contributed by atoms with Gasteiger partial charge in [-0.1, -0.05) is 53.5 Å². The third-order valence-electron chi connectivity index (χ3n) is 4.14. The van der Waals surface area contributed by atoms with Gasteiger partial charge in [-0.15, -0.1) is 0 Å². The third-order valence-corrected chi connectivity index (χ3v) is 4.57. The Labute approximate surface area is 180 Å². The van der Waals surface area contributed by atoms with E-state index in [1.165, 1.54) is 0 Å². The van der Waals surface area contributed by atoms with Crippen LogP contribution in [0.2, 0.25) is 10.0 Å². The maximum Gasteiger partial charge on any atom is 0.258 e. The van der Waals surface area contributed by atoms with Crippen LogP contribution in [0.15, 0.2) is 77.8 Å². The van der Waals surface area contributed by atoms with Crippen LogP contribution in [-0.2, 0) is 4.79 Å². The number of rotatable bonds is 7. The molecule has 0 spiro atoms. The maximum atomic E-state index is 12.1. The van der Waals surface area contributed by atoms with Crippen LogP contribution in [0.1, 0.15) is 24.1 Å². The van der Waals surface area contributed by atoms with Crippen molar-refractivity contribution < 1.29 is 9.53 Å². The highest BCUT2D eigenvalue weighted by Gasteiger charge is 2.09. The van der Waals surface area contributed by atoms with E-state index in [0.717, 1.165) is 11.1 Å². The molecule has 0 aliphatic heterocycles. The molecule has 6 heteroatoms. The zero-order valence-corrected chi connectivity index (χ0v) is 17.3. The number of carbonyl (C=O) groups is 1. The van der Waals surface area contributed by atoms with E-state index in [0.29, 0.717) is 21.5 Å². The van der Waals surface area contributed by atoms with Crippen LogP contribution >= 0.6 is 23.2 Å². The molecule has 3 aromatic rings. The molecule has 148 valence electrons. The predicted molar refractivity (Wildman–Crippen MR) is 119 cm³/mol. The molecule has 0 saturated heterocycles. The average Bonchev–Trinajstić information content (AvgIpc) is 2.71. The SMILES string of the molecule is C[C@H](NC(=O)COc1ccc(C=Nc2cc(Cl)cc(Cl)c2)cc1)c1ccccc1. The monoisotopic (exact) mass is 426 g/mol. The van der Waals surface area contributed by atoms with Gasteiger partial charge in [0.05, 0.1) is 11.7 Å². The van der Waals surface area contributed by atoms with Crippen LogP contribution in [0.3, 0.4) is 0 Å². The van der Waals surface area contributed by atoms with Gasteiger partial charge in [0.1, 0.15) is 5.75 Å². The van der Waals surface area contributed by atoms with Crippen molar-refractivity contribution in [1.29, 1.82) is 0 Å². The molecule has 0 aliphatic rings. The summed E-state index contributed by atoms with van der Waals surface area (Å²) in [6.45, 7) is 1.89. The number of ether oxygens (including phenoxy) is 1. The number of nitrogens with zero attached hydrogens (tertiary/aromatic N) is 1. The molecule has 0 saturated carbocycles. The molecule has 1 N–H and O–H groups in total. The molecule has 0 unspecified atom stereocenters. The summed E-state index contributed by atoms with van der Waals surface area (Å²) >= 11 is 11.9. The molecule has 3 rings (SSSR count). The third kappa shape index (κ3) is 6.63. The Morgan fingerprint density at radius 1 is 1.03 bits per heavy atom. The van der Waals surface area contributed by atoms with Gasteiger partial charge in [0.2, 0.25) is 0 Å². The fraction of sp³-hybridized carbons (Fsp3) is 0.130. The molecule has 0 aliphatic carbocycles. The Bertz CT molecular complexity index is 969. The number of nitrogens with one attached hydrogen (secondary N) is 1. The van der Waals surface area contributed by atoms with Crippen molar-refractivity contribution in [3.05, 3.63) is 94.0 Å². The summed E-state index contributed by atoms with van der Waals surface area (Å²) in [4.78, 5) is 16.5. The second-order valence-electron chi connectivity index (χ2n) is 6.44. The van der Waals surface area contributed by atoms with Gasteiger partial charge in [0.25, 0.3) is 5.91 Å². The largest absolute Gasteiger partial charge is 0.484 e. The Morgan fingerprint density at radius 2 is 1.69 bits per heavy atom. The van der Waals surface area contributed by atoms with Crippen molar-refractivity contribution in [2.24, 2.45) is 4.99 Å². The molecule has 0 radical (unpaired) electrons. The highest BCUT2D eigenvalue weighted by Crippen LogP contribution is 2.24. The second-order valence-corrected chi connectivity index (χ2v) is 7.32. The summed E-state index contributed by atoms with van der Waals surface area (Å²) in [7, 11) is 0. The standard InChI is InChI=1S/C23H20Cl2N2O2/c1-16(18-5-3-2-4-6-18)27-23(28)15-29-22-9-7-17(8-10-22)14-26-21-12-19(24)11-20(25)13-21/h2-14,16H,15H2,1H3,(H,27,28)/t16-/m0/s1. The normalized spacial score (nSPS) is 12.0. The molecule has 0 fully saturated rings. The van der Waals surface area contributed by atoms with E-state index in [-0.39, 0.29) is 18.6 Å². The van der Waals surface area contributed by atoms with Gasteiger partial charge in [-0.05, 0) is 60.5 Å². The van der Waals surface area contributed by atoms with E-state index in [2.05, 4.69) is 10.3 Å². The van der Waals surface area contributed by atoms with Crippen LogP contribution in [0.5, 0.6) is 5.75 Å². The molecule has 0 heterocycles. The van der Waals surface area contributed by atoms with Gasteiger partial charge in [-0.3, -0.25) is 9.79 Å². The summed E-state index contributed by atoms with van der Waals surface area (Å²) in [6, 6.07) is 22.1. The molecular weight excluding hydrogens is 407 g/mol. The maximum absolute atomic E-state index is 12.1. The molecule has 1 amide bonds. The van der Waals surface area contributed by atoms with E-state index in [4.69, 9.17) is 27.9 Å². The minimum atomic E-state index is -0.176. The van der Waals surface area contributed by atoms with Crippen molar-refractivity contribution >= 4 is 41.0 Å². The number of carbonyl (C=O) groups excluding carboxylic acids is 1. The Hall–Kier alpha value is -2.82. The quantitative estimate of drug-likeness (QED) is 0.470.